The number of fused-ring (bicyclic) bond motifs is 2. The first-order valence-electron chi connectivity index (χ1n) is 46.7. The van der Waals surface area contributed by atoms with Crippen LogP contribution in [-0.2, 0) is 98.3 Å². The molecule has 14 amide bonds. The fourth-order valence-corrected chi connectivity index (χ4v) is 21.0. The molecule has 13 N–H and O–H groups in total. The molecule has 150 heavy (non-hydrogen) atoms. The van der Waals surface area contributed by atoms with Crippen molar-refractivity contribution in [3.05, 3.63) is 281 Å². The molecule has 18 rings (SSSR count). The first-order chi connectivity index (χ1) is 70.2. The quantitative estimate of drug-likeness (QED) is 0.0337. The minimum Gasteiger partial charge on any atom is -0.361 e. The van der Waals surface area contributed by atoms with Gasteiger partial charge in [-0.3, -0.25) is 41.5 Å². The fourth-order valence-electron chi connectivity index (χ4n) is 15.4. The van der Waals surface area contributed by atoms with Gasteiger partial charge in [-0.2, -0.15) is 62.7 Å². The molecule has 786 valence electrons. The predicted octanol–water partition coefficient (Wildman–Crippen LogP) is 14.9. The average Bonchev–Trinajstić information content (AvgIpc) is 1.60. The summed E-state index contributed by atoms with van der Waals surface area (Å²) in [5, 5.41) is 45.8. The number of nitrogens with one attached hydrogen (secondary N) is 13. The van der Waals surface area contributed by atoms with Gasteiger partial charge in [-0.05, 0) is 171 Å². The zero-order valence-electron chi connectivity index (χ0n) is 84.9. The van der Waals surface area contributed by atoms with Crippen LogP contribution in [-0.4, -0.2) is 193 Å². The minimum atomic E-state index is -3.93. The van der Waals surface area contributed by atoms with Crippen molar-refractivity contribution in [3.8, 4) is 22.7 Å². The number of hydrogen-bond acceptors (Lipinski definition) is 23. The molecule has 11 heterocycles. The summed E-state index contributed by atoms with van der Waals surface area (Å²) in [6, 6.07) is 59.3. The molecule has 0 aliphatic carbocycles. The van der Waals surface area contributed by atoms with Crippen molar-refractivity contribution in [2.75, 3.05) is 56.6 Å². The monoisotopic (exact) mass is 2140 g/mol. The Bertz CT molecular complexity index is 8020. The van der Waals surface area contributed by atoms with E-state index < -0.39 is 99.9 Å². The van der Waals surface area contributed by atoms with Crippen molar-refractivity contribution in [2.45, 2.75) is 170 Å². The number of halogens is 1. The van der Waals surface area contributed by atoms with Crippen LogP contribution in [0.25, 0.3) is 44.6 Å². The summed E-state index contributed by atoms with van der Waals surface area (Å²) >= 11 is 5.91. The second-order valence-electron chi connectivity index (χ2n) is 40.4. The Balaban J connectivity index is 0.000000149. The zero-order valence-corrected chi connectivity index (χ0v) is 88.9. The van der Waals surface area contributed by atoms with Gasteiger partial charge in [-0.15, -0.1) is 0 Å². The van der Waals surface area contributed by atoms with Gasteiger partial charge in [0.1, 0.15) is 52.3 Å². The van der Waals surface area contributed by atoms with Gasteiger partial charge >= 0.3 is 77.0 Å². The highest BCUT2D eigenvalue weighted by Gasteiger charge is 2.52. The Morgan fingerprint density at radius 3 is 1.07 bits per heavy atom. The molecule has 0 bridgehead atoms. The van der Waals surface area contributed by atoms with Gasteiger partial charge in [0.2, 0.25) is 0 Å². The maximum Gasteiger partial charge on any atom is 0.347 e. The van der Waals surface area contributed by atoms with Crippen molar-refractivity contribution in [1.82, 2.24) is 105 Å². The van der Waals surface area contributed by atoms with Crippen molar-refractivity contribution in [3.63, 3.8) is 0 Å². The third-order valence-corrected chi connectivity index (χ3v) is 30.3. The number of rotatable bonds is 20. The van der Waals surface area contributed by atoms with Gasteiger partial charge in [0, 0.05) is 118 Å². The van der Waals surface area contributed by atoms with Gasteiger partial charge in [0.05, 0.1) is 64.1 Å². The van der Waals surface area contributed by atoms with Crippen molar-refractivity contribution in [2.24, 2.45) is 0 Å². The summed E-state index contributed by atoms with van der Waals surface area (Å²) in [4.78, 5) is 114. The number of nitrogens with zero attached hydrogens (tertiary/aromatic N) is 17. The van der Waals surface area contributed by atoms with Crippen molar-refractivity contribution in [1.29, 1.82) is 0 Å². The van der Waals surface area contributed by atoms with E-state index in [1.54, 1.807) is 186 Å². The Hall–Kier alpha value is -16.1. The van der Waals surface area contributed by atoms with Crippen LogP contribution in [0.3, 0.4) is 0 Å². The van der Waals surface area contributed by atoms with E-state index in [1.807, 2.05) is 181 Å². The molecule has 0 saturated carbocycles. The third kappa shape index (κ3) is 25.0. The SMILES string of the molecule is CC(C)(C)c1cc(NC(=O)Nc2ccc(Cl)cc2)n(-c2ccc(CN3C(C)(C)C(=O)NS3(=O)=O)cc2)n1.CC(C)(C)c1cc(NC(=O)Nc2ccncn2)n(-c2ccc(CN3C(C)(C)C(=O)NS3(=O)=O)cc2)n1.CN1C(=O)NS(=O)(=O)N1Cc1ccc(-n2nc(C(C)(C)C)cc2NC(=O)Nc2ccc3[nH]ccc3c2)cc1.CN1C(=O)NS(=O)(=O)N1Cc1ccc(-n2nc(C(C)(C)C)cc2NC(=O)Nc2ccc3ccccc3n2)cc1. The maximum absolute atomic E-state index is 12.9. The second-order valence-corrected chi connectivity index (χ2v) is 47.2. The number of amides is 14. The van der Waals surface area contributed by atoms with Crippen LogP contribution in [0.2, 0.25) is 5.02 Å². The molecule has 7 aromatic carbocycles. The van der Waals surface area contributed by atoms with Crippen LogP contribution in [0, 0.1) is 0 Å². The number of urea groups is 6. The molecule has 4 saturated heterocycles. The number of carbonyl (C=O) groups excluding carboxylic acids is 8. The average molecular weight is 2140 g/mol. The fraction of sp³-hybridized carbons (Fsp3) is 0.283. The number of hydrazine groups is 2. The Kier molecular flexibility index (Phi) is 30.2. The summed E-state index contributed by atoms with van der Waals surface area (Å²) in [6.07, 6.45) is 4.69. The number of hydrogen-bond donors (Lipinski definition) is 13. The highest BCUT2D eigenvalue weighted by atomic mass is 35.5. The third-order valence-electron chi connectivity index (χ3n) is 24.1. The number of aromatic nitrogens is 12. The smallest absolute Gasteiger partial charge is 0.347 e. The topological polar surface area (TPSA) is 563 Å². The van der Waals surface area contributed by atoms with Crippen molar-refractivity contribution >= 4 is 169 Å². The molecular weight excluding hydrogens is 2030 g/mol. The molecule has 46 nitrogen and oxygen atoms in total. The highest BCUT2D eigenvalue weighted by molar-refractivity contribution is 7.89. The van der Waals surface area contributed by atoms with E-state index in [9.17, 15) is 72.0 Å². The molecule has 14 aromatic rings. The molecule has 0 unspecified atom stereocenters. The number of aromatic amines is 1. The lowest BCUT2D eigenvalue weighted by Gasteiger charge is -2.25. The second kappa shape index (κ2) is 41.9. The first-order valence-corrected chi connectivity index (χ1v) is 52.8. The van der Waals surface area contributed by atoms with E-state index in [4.69, 9.17) is 26.9 Å². The van der Waals surface area contributed by atoms with Gasteiger partial charge in [-0.1, -0.05) is 170 Å². The lowest BCUT2D eigenvalue weighted by molar-refractivity contribution is -0.125. The lowest BCUT2D eigenvalue weighted by atomic mass is 9.92. The molecule has 4 aliphatic rings. The predicted molar refractivity (Wildman–Crippen MR) is 568 cm³/mol. The van der Waals surface area contributed by atoms with Crippen LogP contribution < -0.4 is 61.4 Å². The Morgan fingerprint density at radius 1 is 0.367 bits per heavy atom. The van der Waals surface area contributed by atoms with Crippen LogP contribution in [0.4, 0.5) is 75.0 Å². The van der Waals surface area contributed by atoms with E-state index in [-0.39, 0.29) is 47.8 Å². The normalized spacial score (nSPS) is 16.2. The van der Waals surface area contributed by atoms with Gasteiger partial charge in [0.15, 0.2) is 0 Å². The van der Waals surface area contributed by atoms with E-state index in [0.717, 1.165) is 72.0 Å². The molecule has 4 aliphatic heterocycles. The number of pyridine rings is 1. The standard InChI is InChI=1S/C26H28N8O4S.C25H29ClN6O4S.C25H28N8O4S.C23H28N8O4S/c1-26(2,3)21-15-23(29-24(35)28-22-14-11-18-7-5-6-8-20(18)27-22)34(30-21)19-12-9-17(10-13-19)16-33-32(4)25(36)31-39(33,37)38;1-24(2,3)20-14-21(28-23(34)27-18-10-8-17(26)9-11-18)32(29-20)19-12-6-16(7-13-19)15-31-25(4,5)22(33)30-37(31,35)36;1-25(2,3)21-14-22(28-23(34)27-18-7-10-20-17(13-18)11-12-26-20)33(29-21)19-8-5-16(6-9-19)15-32-31(4)24(35)30-38(32,36)37;1-22(2,3)17-12-19(27-21(33)26-18-10-11-24-14-25-18)31(28-17)16-8-6-15(7-9-16)13-30-23(4,5)20(32)29-36(30,34)35/h5-15H,16H2,1-4H3,(H,31,36)(H2,27,28,29,35);6-14H,15H2,1-5H3,(H,30,33)(H2,27,28,34);5-14,26H,15H2,1-4H3,(H,30,35)(H2,27,28,34);6-12,14H,13H2,1-5H3,(H,29,32)(H2,24,25,26,27,33). The summed E-state index contributed by atoms with van der Waals surface area (Å²) in [6.45, 7) is 30.5. The Morgan fingerprint density at radius 2 is 0.720 bits per heavy atom. The summed E-state index contributed by atoms with van der Waals surface area (Å²) in [7, 11) is -12.9. The number of anilines is 8. The summed E-state index contributed by atoms with van der Waals surface area (Å²) in [5.74, 6) is 1.44. The van der Waals surface area contributed by atoms with E-state index >= 15 is 0 Å². The van der Waals surface area contributed by atoms with Crippen LogP contribution in [0.5, 0.6) is 0 Å². The minimum absolute atomic E-state index is 0.0210. The first kappa shape index (κ1) is 108. The number of para-hydroxylation sites is 1. The molecule has 0 radical (unpaired) electrons. The number of benzene rings is 7. The Labute approximate surface area is 870 Å². The number of carbonyl (C=O) groups is 8. The lowest BCUT2D eigenvalue weighted by Crippen LogP contribution is -2.43. The molecule has 0 atom stereocenters. The summed E-state index contributed by atoms with van der Waals surface area (Å²) in [5.41, 5.74) is 7.88. The number of H-pyrrole nitrogens is 1. The molecule has 51 heteroatoms. The van der Waals surface area contributed by atoms with Crippen LogP contribution in [0.1, 0.15) is 156 Å². The van der Waals surface area contributed by atoms with E-state index in [2.05, 4.69) is 67.6 Å². The van der Waals surface area contributed by atoms with Crippen molar-refractivity contribution < 1.29 is 72.0 Å². The largest absolute Gasteiger partial charge is 0.361 e. The van der Waals surface area contributed by atoms with Crippen LogP contribution >= 0.6 is 11.6 Å². The maximum atomic E-state index is 12.9. The summed E-state index contributed by atoms with van der Waals surface area (Å²) < 4.78 is 117. The zero-order chi connectivity index (χ0) is 109. The van der Waals surface area contributed by atoms with Gasteiger partial charge in [0.25, 0.3) is 11.8 Å². The van der Waals surface area contributed by atoms with Gasteiger partial charge < -0.3 is 15.6 Å². The van der Waals surface area contributed by atoms with Gasteiger partial charge in [-0.25, -0.2) is 91.4 Å². The highest BCUT2D eigenvalue weighted by Crippen LogP contribution is 2.37. The van der Waals surface area contributed by atoms with E-state index in [0.29, 0.717) is 96.3 Å². The van der Waals surface area contributed by atoms with E-state index in [1.165, 1.54) is 26.6 Å². The molecule has 7 aromatic heterocycles. The van der Waals surface area contributed by atoms with Crippen LogP contribution in [0.15, 0.2) is 231 Å². The molecular formula is C99H113ClN30O16S4. The molecule has 0 spiro atoms. The molecule has 4 fully saturated rings.